The number of rotatable bonds is 4. The number of ether oxygens (including phenoxy) is 1. The van der Waals surface area contributed by atoms with Crippen LogP contribution in [0.25, 0.3) is 10.8 Å². The van der Waals surface area contributed by atoms with E-state index in [4.69, 9.17) is 4.74 Å². The maximum atomic E-state index is 9.73. The molecule has 0 heterocycles. The van der Waals surface area contributed by atoms with Gasteiger partial charge in [0, 0.05) is 16.9 Å². The summed E-state index contributed by atoms with van der Waals surface area (Å²) in [5, 5.41) is 11.7. The van der Waals surface area contributed by atoms with Gasteiger partial charge in [-0.25, -0.2) is 0 Å². The van der Waals surface area contributed by atoms with Crippen molar-refractivity contribution in [3.63, 3.8) is 0 Å². The van der Waals surface area contributed by atoms with E-state index in [1.54, 1.807) is 17.8 Å². The van der Waals surface area contributed by atoms with Crippen molar-refractivity contribution in [3.05, 3.63) is 36.4 Å². The second-order valence-electron chi connectivity index (χ2n) is 3.38. The molecule has 0 atom stereocenters. The van der Waals surface area contributed by atoms with Crippen LogP contribution in [0.15, 0.2) is 41.3 Å². The van der Waals surface area contributed by atoms with Crippen LogP contribution < -0.4 is 0 Å². The predicted octanol–water partition coefficient (Wildman–Crippen LogP) is 3.63. The fourth-order valence-corrected chi connectivity index (χ4v) is 2.44. The molecule has 0 saturated carbocycles. The van der Waals surface area contributed by atoms with Gasteiger partial charge in [0.05, 0.1) is 5.94 Å². The summed E-state index contributed by atoms with van der Waals surface area (Å²) in [6, 6.07) is 11.5. The second kappa shape index (κ2) is 5.23. The normalized spacial score (nSPS) is 10.8. The van der Waals surface area contributed by atoms with E-state index >= 15 is 0 Å². The molecule has 0 aliphatic rings. The van der Waals surface area contributed by atoms with Crippen molar-refractivity contribution >= 4 is 22.5 Å². The third-order valence-corrected chi connectivity index (χ3v) is 3.31. The van der Waals surface area contributed by atoms with E-state index < -0.39 is 0 Å². The van der Waals surface area contributed by atoms with Gasteiger partial charge < -0.3 is 9.84 Å². The van der Waals surface area contributed by atoms with Gasteiger partial charge in [-0.2, -0.15) is 0 Å². The molecule has 0 fully saturated rings. The molecule has 0 unspecified atom stereocenters. The Balaban J connectivity index is 2.35. The first-order valence-electron chi connectivity index (χ1n) is 5.24. The molecule has 16 heavy (non-hydrogen) atoms. The predicted molar refractivity (Wildman–Crippen MR) is 68.0 cm³/mol. The molecule has 2 nitrogen and oxygen atoms in total. The van der Waals surface area contributed by atoms with E-state index in [2.05, 4.69) is 0 Å². The zero-order valence-electron chi connectivity index (χ0n) is 9.14. The summed E-state index contributed by atoms with van der Waals surface area (Å²) in [6.07, 6.45) is 0. The minimum atomic E-state index is 0.330. The van der Waals surface area contributed by atoms with Crippen LogP contribution in [0.3, 0.4) is 0 Å². The number of thioether (sulfide) groups is 1. The average Bonchev–Trinajstić information content (AvgIpc) is 2.33. The maximum Gasteiger partial charge on any atom is 0.123 e. The topological polar surface area (TPSA) is 29.5 Å². The van der Waals surface area contributed by atoms with Gasteiger partial charge in [-0.05, 0) is 24.4 Å². The lowest BCUT2D eigenvalue weighted by atomic mass is 10.1. The third kappa shape index (κ3) is 2.31. The highest BCUT2D eigenvalue weighted by atomic mass is 32.2. The fourth-order valence-electron chi connectivity index (χ4n) is 1.57. The summed E-state index contributed by atoms with van der Waals surface area (Å²) in [7, 11) is 0. The van der Waals surface area contributed by atoms with E-state index in [0.717, 1.165) is 22.3 Å². The number of benzene rings is 2. The Bertz CT molecular complexity index is 482. The van der Waals surface area contributed by atoms with Crippen molar-refractivity contribution in [2.45, 2.75) is 11.8 Å². The van der Waals surface area contributed by atoms with Crippen LogP contribution in [-0.4, -0.2) is 17.7 Å². The van der Waals surface area contributed by atoms with E-state index in [9.17, 15) is 5.11 Å². The Morgan fingerprint density at radius 1 is 1.12 bits per heavy atom. The van der Waals surface area contributed by atoms with Gasteiger partial charge in [0.1, 0.15) is 5.75 Å². The molecule has 84 valence electrons. The molecular weight excluding hydrogens is 220 g/mol. The van der Waals surface area contributed by atoms with Gasteiger partial charge in [-0.3, -0.25) is 0 Å². The Hall–Kier alpha value is -1.19. The van der Waals surface area contributed by atoms with E-state index in [0.29, 0.717) is 11.7 Å². The van der Waals surface area contributed by atoms with Gasteiger partial charge >= 0.3 is 0 Å². The Morgan fingerprint density at radius 2 is 1.88 bits per heavy atom. The van der Waals surface area contributed by atoms with Crippen LogP contribution in [0.5, 0.6) is 5.75 Å². The molecule has 3 heteroatoms. The summed E-state index contributed by atoms with van der Waals surface area (Å²) < 4.78 is 5.32. The molecular formula is C13H14O2S. The van der Waals surface area contributed by atoms with Crippen molar-refractivity contribution in [3.8, 4) is 5.75 Å². The third-order valence-electron chi connectivity index (χ3n) is 2.36. The fraction of sp³-hybridized carbons (Fsp3) is 0.231. The van der Waals surface area contributed by atoms with Crippen LogP contribution in [0.4, 0.5) is 0 Å². The maximum absolute atomic E-state index is 9.73. The first-order valence-corrected chi connectivity index (χ1v) is 6.22. The lowest BCUT2D eigenvalue weighted by Crippen LogP contribution is -1.88. The molecule has 1 N–H and O–H groups in total. The summed E-state index contributed by atoms with van der Waals surface area (Å²) in [4.78, 5) is 1.14. The Labute approximate surface area is 99.2 Å². The first kappa shape index (κ1) is 11.3. The SMILES string of the molecule is CCOCSc1ccc(O)c2ccccc12. The standard InChI is InChI=1S/C13H14O2S/c1-2-15-9-16-13-8-7-12(14)10-5-3-4-6-11(10)13/h3-8,14H,2,9H2,1H3. The highest BCUT2D eigenvalue weighted by Gasteiger charge is 2.04. The molecule has 0 amide bonds. The molecule has 0 aliphatic carbocycles. The van der Waals surface area contributed by atoms with Crippen LogP contribution in [-0.2, 0) is 4.74 Å². The van der Waals surface area contributed by atoms with Gasteiger partial charge in [-0.1, -0.05) is 36.0 Å². The van der Waals surface area contributed by atoms with Crippen molar-refractivity contribution < 1.29 is 9.84 Å². The quantitative estimate of drug-likeness (QED) is 0.497. The van der Waals surface area contributed by atoms with Crippen molar-refractivity contribution in [1.82, 2.24) is 0 Å². The van der Waals surface area contributed by atoms with Crippen LogP contribution in [0.1, 0.15) is 6.92 Å². The van der Waals surface area contributed by atoms with Crippen LogP contribution in [0, 0.1) is 0 Å². The summed E-state index contributed by atoms with van der Waals surface area (Å²) in [5.74, 6) is 0.974. The number of phenolic OH excluding ortho intramolecular Hbond substituents is 1. The van der Waals surface area contributed by atoms with E-state index in [1.165, 1.54) is 0 Å². The van der Waals surface area contributed by atoms with Crippen molar-refractivity contribution in [1.29, 1.82) is 0 Å². The lowest BCUT2D eigenvalue weighted by molar-refractivity contribution is 0.199. The number of phenols is 1. The van der Waals surface area contributed by atoms with E-state index in [-0.39, 0.29) is 0 Å². The number of hydrogen-bond acceptors (Lipinski definition) is 3. The number of hydrogen-bond donors (Lipinski definition) is 1. The van der Waals surface area contributed by atoms with Crippen LogP contribution in [0.2, 0.25) is 0 Å². The van der Waals surface area contributed by atoms with Gasteiger partial charge in [-0.15, -0.1) is 0 Å². The minimum Gasteiger partial charge on any atom is -0.507 e. The molecule has 0 aliphatic heterocycles. The molecule has 0 radical (unpaired) electrons. The monoisotopic (exact) mass is 234 g/mol. The van der Waals surface area contributed by atoms with E-state index in [1.807, 2.05) is 37.3 Å². The van der Waals surface area contributed by atoms with Gasteiger partial charge in [0.2, 0.25) is 0 Å². The second-order valence-corrected chi connectivity index (χ2v) is 4.35. The van der Waals surface area contributed by atoms with Gasteiger partial charge in [0.25, 0.3) is 0 Å². The van der Waals surface area contributed by atoms with Crippen molar-refractivity contribution in [2.24, 2.45) is 0 Å². The lowest BCUT2D eigenvalue weighted by Gasteiger charge is -2.07. The Kier molecular flexibility index (Phi) is 3.70. The minimum absolute atomic E-state index is 0.330. The number of aromatic hydroxyl groups is 1. The molecule has 0 spiro atoms. The molecule has 2 rings (SSSR count). The summed E-state index contributed by atoms with van der Waals surface area (Å²) in [6.45, 7) is 2.71. The number of fused-ring (bicyclic) bond motifs is 1. The average molecular weight is 234 g/mol. The Morgan fingerprint density at radius 3 is 2.62 bits per heavy atom. The molecule has 2 aromatic carbocycles. The summed E-state index contributed by atoms with van der Waals surface area (Å²) >= 11 is 1.65. The van der Waals surface area contributed by atoms with Crippen LogP contribution >= 0.6 is 11.8 Å². The first-order chi connectivity index (χ1) is 7.83. The molecule has 0 aromatic heterocycles. The highest BCUT2D eigenvalue weighted by Crippen LogP contribution is 2.33. The molecule has 2 aromatic rings. The molecule has 0 bridgehead atoms. The van der Waals surface area contributed by atoms with Crippen molar-refractivity contribution in [2.75, 3.05) is 12.5 Å². The highest BCUT2D eigenvalue weighted by molar-refractivity contribution is 7.99. The largest absolute Gasteiger partial charge is 0.507 e. The molecule has 0 saturated heterocycles. The zero-order chi connectivity index (χ0) is 11.4. The van der Waals surface area contributed by atoms with Gasteiger partial charge in [0.15, 0.2) is 0 Å². The summed E-state index contributed by atoms with van der Waals surface area (Å²) in [5.41, 5.74) is 0. The smallest absolute Gasteiger partial charge is 0.123 e. The zero-order valence-corrected chi connectivity index (χ0v) is 9.96.